The van der Waals surface area contributed by atoms with Crippen LogP contribution in [0.2, 0.25) is 5.15 Å². The first-order valence-corrected chi connectivity index (χ1v) is 6.27. The summed E-state index contributed by atoms with van der Waals surface area (Å²) in [5.74, 6) is 0.758. The molecule has 0 saturated carbocycles. The summed E-state index contributed by atoms with van der Waals surface area (Å²) in [6.45, 7) is 5.87. The van der Waals surface area contributed by atoms with Crippen LogP contribution in [0.3, 0.4) is 0 Å². The third kappa shape index (κ3) is 3.61. The fraction of sp³-hybridized carbons (Fsp3) is 0.600. The second kappa shape index (κ2) is 5.66. The molecule has 0 radical (unpaired) electrons. The van der Waals surface area contributed by atoms with Crippen molar-refractivity contribution in [2.75, 3.05) is 0 Å². The number of nitrogens with zero attached hydrogens (tertiary/aromatic N) is 2. The van der Waals surface area contributed by atoms with Gasteiger partial charge in [-0.05, 0) is 13.3 Å². The third-order valence-electron chi connectivity index (χ3n) is 2.09. The van der Waals surface area contributed by atoms with Gasteiger partial charge in [0.15, 0.2) is 11.0 Å². The van der Waals surface area contributed by atoms with Gasteiger partial charge in [0, 0.05) is 5.25 Å². The standard InChI is InChI=1S/C10H14ClFN2S/c1-4-6(2)15-5-8-13-7(3)9(12)10(11)14-8/h6H,4-5H2,1-3H3. The highest BCUT2D eigenvalue weighted by Crippen LogP contribution is 2.20. The minimum atomic E-state index is -0.519. The summed E-state index contributed by atoms with van der Waals surface area (Å²) in [7, 11) is 0. The molecule has 0 aliphatic rings. The quantitative estimate of drug-likeness (QED) is 0.762. The van der Waals surface area contributed by atoms with Crippen LogP contribution < -0.4 is 0 Å². The molecule has 5 heteroatoms. The molecular weight excluding hydrogens is 235 g/mol. The molecule has 0 fully saturated rings. The minimum Gasteiger partial charge on any atom is -0.234 e. The van der Waals surface area contributed by atoms with Crippen molar-refractivity contribution in [3.8, 4) is 0 Å². The Labute approximate surface area is 98.7 Å². The summed E-state index contributed by atoms with van der Waals surface area (Å²) < 4.78 is 13.1. The van der Waals surface area contributed by atoms with Crippen LogP contribution in [0.5, 0.6) is 0 Å². The summed E-state index contributed by atoms with van der Waals surface area (Å²) in [6, 6.07) is 0. The number of rotatable bonds is 4. The first-order chi connectivity index (χ1) is 7.04. The van der Waals surface area contributed by atoms with Crippen LogP contribution in [0, 0.1) is 12.7 Å². The summed E-state index contributed by atoms with van der Waals surface area (Å²) in [4.78, 5) is 7.95. The fourth-order valence-corrected chi connectivity index (χ4v) is 2.01. The monoisotopic (exact) mass is 248 g/mol. The normalized spacial score (nSPS) is 12.9. The van der Waals surface area contributed by atoms with Crippen LogP contribution in [0.1, 0.15) is 31.8 Å². The highest BCUT2D eigenvalue weighted by Gasteiger charge is 2.10. The molecule has 84 valence electrons. The maximum absolute atomic E-state index is 13.1. The van der Waals surface area contributed by atoms with Crippen molar-refractivity contribution in [1.82, 2.24) is 9.97 Å². The average molecular weight is 249 g/mol. The van der Waals surface area contributed by atoms with Crippen molar-refractivity contribution >= 4 is 23.4 Å². The van der Waals surface area contributed by atoms with Crippen molar-refractivity contribution < 1.29 is 4.39 Å². The van der Waals surface area contributed by atoms with Gasteiger partial charge in [0.05, 0.1) is 11.4 Å². The number of aromatic nitrogens is 2. The second-order valence-corrected chi connectivity index (χ2v) is 5.14. The van der Waals surface area contributed by atoms with Crippen molar-refractivity contribution in [3.05, 3.63) is 22.5 Å². The Kier molecular flexibility index (Phi) is 4.80. The molecule has 1 atom stereocenters. The summed E-state index contributed by atoms with van der Waals surface area (Å²) in [5.41, 5.74) is 0.315. The van der Waals surface area contributed by atoms with Crippen LogP contribution in [0.4, 0.5) is 4.39 Å². The molecule has 0 aliphatic carbocycles. The van der Waals surface area contributed by atoms with E-state index in [-0.39, 0.29) is 5.15 Å². The van der Waals surface area contributed by atoms with Gasteiger partial charge in [0.1, 0.15) is 5.82 Å². The molecule has 1 aromatic rings. The minimum absolute atomic E-state index is 0.0812. The first-order valence-electron chi connectivity index (χ1n) is 4.84. The molecule has 1 unspecified atom stereocenters. The molecular formula is C10H14ClFN2S. The van der Waals surface area contributed by atoms with Gasteiger partial charge >= 0.3 is 0 Å². The van der Waals surface area contributed by atoms with E-state index in [9.17, 15) is 4.39 Å². The molecule has 1 rings (SSSR count). The second-order valence-electron chi connectivity index (χ2n) is 3.36. The Morgan fingerprint density at radius 1 is 1.47 bits per heavy atom. The molecule has 0 spiro atoms. The number of hydrogen-bond acceptors (Lipinski definition) is 3. The molecule has 2 nitrogen and oxygen atoms in total. The van der Waals surface area contributed by atoms with E-state index in [0.29, 0.717) is 22.5 Å². The van der Waals surface area contributed by atoms with Crippen LogP contribution in [-0.2, 0) is 5.75 Å². The molecule has 0 amide bonds. The zero-order valence-corrected chi connectivity index (χ0v) is 10.6. The maximum atomic E-state index is 13.1. The Balaban J connectivity index is 2.70. The number of hydrogen-bond donors (Lipinski definition) is 0. The van der Waals surface area contributed by atoms with E-state index in [4.69, 9.17) is 11.6 Å². The highest BCUT2D eigenvalue weighted by atomic mass is 35.5. The van der Waals surface area contributed by atoms with E-state index >= 15 is 0 Å². The molecule has 0 N–H and O–H groups in total. The van der Waals surface area contributed by atoms with Gasteiger partial charge in [-0.25, -0.2) is 14.4 Å². The lowest BCUT2D eigenvalue weighted by molar-refractivity contribution is 0.598. The van der Waals surface area contributed by atoms with Crippen LogP contribution in [-0.4, -0.2) is 15.2 Å². The lowest BCUT2D eigenvalue weighted by Crippen LogP contribution is -2.02. The molecule has 0 saturated heterocycles. The number of aryl methyl sites for hydroxylation is 1. The zero-order valence-electron chi connectivity index (χ0n) is 9.05. The van der Waals surface area contributed by atoms with E-state index in [1.165, 1.54) is 0 Å². The lowest BCUT2D eigenvalue weighted by atomic mass is 10.4. The van der Waals surface area contributed by atoms with Gasteiger partial charge in [-0.2, -0.15) is 11.8 Å². The van der Waals surface area contributed by atoms with Crippen molar-refractivity contribution in [2.24, 2.45) is 0 Å². The van der Waals surface area contributed by atoms with E-state index in [1.54, 1.807) is 18.7 Å². The predicted molar refractivity (Wildman–Crippen MR) is 62.8 cm³/mol. The summed E-state index contributed by atoms with van der Waals surface area (Å²) in [5, 5.41) is 0.472. The third-order valence-corrected chi connectivity index (χ3v) is 3.67. The number of thioether (sulfide) groups is 1. The van der Waals surface area contributed by atoms with Gasteiger partial charge in [-0.3, -0.25) is 0 Å². The SMILES string of the molecule is CCC(C)SCc1nc(C)c(F)c(Cl)n1. The molecule has 0 aromatic carbocycles. The molecule has 0 bridgehead atoms. The van der Waals surface area contributed by atoms with Crippen molar-refractivity contribution in [2.45, 2.75) is 38.2 Å². The predicted octanol–water partition coefficient (Wildman–Crippen LogP) is 3.61. The first kappa shape index (κ1) is 12.7. The van der Waals surface area contributed by atoms with Gasteiger partial charge in [-0.15, -0.1) is 0 Å². The summed E-state index contributed by atoms with van der Waals surface area (Å²) in [6.07, 6.45) is 1.10. The van der Waals surface area contributed by atoms with Gasteiger partial charge in [0.2, 0.25) is 0 Å². The van der Waals surface area contributed by atoms with Crippen molar-refractivity contribution in [1.29, 1.82) is 0 Å². The fourth-order valence-electron chi connectivity index (χ4n) is 0.979. The molecule has 1 aromatic heterocycles. The zero-order chi connectivity index (χ0) is 11.4. The topological polar surface area (TPSA) is 25.8 Å². The maximum Gasteiger partial charge on any atom is 0.181 e. The van der Waals surface area contributed by atoms with Crippen molar-refractivity contribution in [3.63, 3.8) is 0 Å². The van der Waals surface area contributed by atoms with Crippen LogP contribution >= 0.6 is 23.4 Å². The van der Waals surface area contributed by atoms with E-state index < -0.39 is 5.82 Å². The average Bonchev–Trinajstić information content (AvgIpc) is 2.22. The molecule has 15 heavy (non-hydrogen) atoms. The van der Waals surface area contributed by atoms with E-state index in [1.807, 2.05) is 0 Å². The highest BCUT2D eigenvalue weighted by molar-refractivity contribution is 7.99. The lowest BCUT2D eigenvalue weighted by Gasteiger charge is -2.08. The van der Waals surface area contributed by atoms with E-state index in [0.717, 1.165) is 6.42 Å². The van der Waals surface area contributed by atoms with Gasteiger partial charge in [0.25, 0.3) is 0 Å². The van der Waals surface area contributed by atoms with E-state index in [2.05, 4.69) is 23.8 Å². The van der Waals surface area contributed by atoms with Gasteiger partial charge < -0.3 is 0 Å². The Morgan fingerprint density at radius 2 is 2.13 bits per heavy atom. The Hall–Kier alpha value is -0.350. The molecule has 1 heterocycles. The molecule has 0 aliphatic heterocycles. The Bertz CT molecular complexity index is 323. The smallest absolute Gasteiger partial charge is 0.181 e. The summed E-state index contributed by atoms with van der Waals surface area (Å²) >= 11 is 7.38. The Morgan fingerprint density at radius 3 is 2.67 bits per heavy atom. The largest absolute Gasteiger partial charge is 0.234 e. The van der Waals surface area contributed by atoms with Crippen LogP contribution in [0.25, 0.3) is 0 Å². The number of halogens is 2. The van der Waals surface area contributed by atoms with Gasteiger partial charge in [-0.1, -0.05) is 25.4 Å². The van der Waals surface area contributed by atoms with Crippen LogP contribution in [0.15, 0.2) is 0 Å².